The third-order valence-corrected chi connectivity index (χ3v) is 8.80. The van der Waals surface area contributed by atoms with Crippen LogP contribution < -0.4 is 5.32 Å². The molecule has 0 spiro atoms. The van der Waals surface area contributed by atoms with Crippen LogP contribution in [0.1, 0.15) is 49.9 Å². The summed E-state index contributed by atoms with van der Waals surface area (Å²) in [5.41, 5.74) is 3.94. The molecular weight excluding hydrogens is 526 g/mol. The Morgan fingerprint density at radius 3 is 2.45 bits per heavy atom. The van der Waals surface area contributed by atoms with E-state index in [2.05, 4.69) is 36.3 Å². The summed E-state index contributed by atoms with van der Waals surface area (Å²) in [5.74, 6) is -0.884. The van der Waals surface area contributed by atoms with E-state index in [-0.39, 0.29) is 29.9 Å². The molecule has 0 aliphatic heterocycles. The molecule has 1 atom stereocenters. The van der Waals surface area contributed by atoms with Gasteiger partial charge in [-0.05, 0) is 75.4 Å². The van der Waals surface area contributed by atoms with Gasteiger partial charge in [0.15, 0.2) is 0 Å². The fraction of sp³-hybridized carbons (Fsp3) is 0.419. The zero-order chi connectivity index (χ0) is 29.3. The molecule has 0 amide bonds. The number of benzene rings is 2. The van der Waals surface area contributed by atoms with E-state index in [9.17, 15) is 18.3 Å². The van der Waals surface area contributed by atoms with Crippen molar-refractivity contribution >= 4 is 16.0 Å². The average Bonchev–Trinajstić information content (AvgIpc) is 2.91. The summed E-state index contributed by atoms with van der Waals surface area (Å²) in [6.45, 7) is 6.24. The number of nitrogens with one attached hydrogen (secondary N) is 1. The topological polar surface area (TPSA) is 120 Å². The monoisotopic (exact) mass is 567 g/mol. The lowest BCUT2D eigenvalue weighted by Crippen LogP contribution is -2.46. The number of carboxylic acid groups (broad SMARTS) is 1. The number of aliphatic carboxylic acids is 1. The van der Waals surface area contributed by atoms with Gasteiger partial charge in [0.25, 0.3) is 0 Å². The van der Waals surface area contributed by atoms with E-state index in [4.69, 9.17) is 5.11 Å². The van der Waals surface area contributed by atoms with Gasteiger partial charge in [-0.3, -0.25) is 9.78 Å². The van der Waals surface area contributed by atoms with E-state index < -0.39 is 22.1 Å². The molecule has 0 bridgehead atoms. The summed E-state index contributed by atoms with van der Waals surface area (Å²) in [7, 11) is -2.35. The predicted octanol–water partition coefficient (Wildman–Crippen LogP) is 4.45. The highest BCUT2D eigenvalue weighted by molar-refractivity contribution is 7.89. The first-order valence-electron chi connectivity index (χ1n) is 13.6. The van der Waals surface area contributed by atoms with Crippen molar-refractivity contribution in [3.63, 3.8) is 0 Å². The van der Waals surface area contributed by atoms with Crippen LogP contribution in [0.2, 0.25) is 0 Å². The van der Waals surface area contributed by atoms with E-state index in [0.717, 1.165) is 30.4 Å². The minimum absolute atomic E-state index is 0.00786. The summed E-state index contributed by atoms with van der Waals surface area (Å²) in [6, 6.07) is 20.6. The standard InChI is InChI=1S/C31H41N3O5S/c1-23-20-27(16-17-28(23)29-14-8-13-25(33-29)15-18-30(36)37)40(38,39)34(4)22-26(35)21-32-31(2,3)19-9-12-24-10-6-5-7-11-24/h5-8,10-11,13-14,16-17,20,26,32,35H,9,12,15,18-19,21-22H2,1-4H3,(H,36,37)/t26-/m1/s1. The molecule has 1 aromatic heterocycles. The van der Waals surface area contributed by atoms with Crippen molar-refractivity contribution in [3.8, 4) is 11.3 Å². The first kappa shape index (κ1) is 31.4. The molecule has 3 aromatic rings. The second-order valence-corrected chi connectivity index (χ2v) is 13.0. The molecule has 8 nitrogen and oxygen atoms in total. The molecule has 2 aromatic carbocycles. The first-order chi connectivity index (χ1) is 18.9. The van der Waals surface area contributed by atoms with E-state index >= 15 is 0 Å². The number of aliphatic hydroxyl groups excluding tert-OH is 1. The zero-order valence-electron chi connectivity index (χ0n) is 23.8. The smallest absolute Gasteiger partial charge is 0.303 e. The predicted molar refractivity (Wildman–Crippen MR) is 158 cm³/mol. The molecule has 0 radical (unpaired) electrons. The van der Waals surface area contributed by atoms with Crippen LogP contribution in [-0.4, -0.2) is 65.7 Å². The normalized spacial score (nSPS) is 12.9. The summed E-state index contributed by atoms with van der Waals surface area (Å²) in [4.78, 5) is 15.6. The van der Waals surface area contributed by atoms with Crippen molar-refractivity contribution in [2.24, 2.45) is 0 Å². The highest BCUT2D eigenvalue weighted by Gasteiger charge is 2.25. The third-order valence-electron chi connectivity index (χ3n) is 6.98. The van der Waals surface area contributed by atoms with Crippen LogP contribution in [0.3, 0.4) is 0 Å². The van der Waals surface area contributed by atoms with Crippen molar-refractivity contribution in [2.75, 3.05) is 20.1 Å². The van der Waals surface area contributed by atoms with Crippen LogP contribution >= 0.6 is 0 Å². The number of nitrogens with zero attached hydrogens (tertiary/aromatic N) is 2. The Morgan fingerprint density at radius 2 is 1.77 bits per heavy atom. The van der Waals surface area contributed by atoms with E-state index in [1.54, 1.807) is 24.3 Å². The van der Waals surface area contributed by atoms with Crippen molar-refractivity contribution in [1.82, 2.24) is 14.6 Å². The molecule has 0 fully saturated rings. The van der Waals surface area contributed by atoms with Gasteiger partial charge in [-0.1, -0.05) is 42.5 Å². The molecule has 0 unspecified atom stereocenters. The fourth-order valence-electron chi connectivity index (χ4n) is 4.59. The number of aryl methyl sites for hydroxylation is 3. The lowest BCUT2D eigenvalue weighted by atomic mass is 9.95. The molecule has 0 aliphatic rings. The molecule has 9 heteroatoms. The maximum absolute atomic E-state index is 13.3. The SMILES string of the molecule is Cc1cc(S(=O)(=O)N(C)C[C@H](O)CNC(C)(C)CCCc2ccccc2)ccc1-c1cccc(CCC(=O)O)n1. The highest BCUT2D eigenvalue weighted by atomic mass is 32.2. The molecule has 3 N–H and O–H groups in total. The zero-order valence-corrected chi connectivity index (χ0v) is 24.6. The Balaban J connectivity index is 1.57. The second-order valence-electron chi connectivity index (χ2n) is 10.9. The number of rotatable bonds is 15. The number of likely N-dealkylation sites (N-methyl/N-ethyl adjacent to an activating group) is 1. The summed E-state index contributed by atoms with van der Waals surface area (Å²) >= 11 is 0. The summed E-state index contributed by atoms with van der Waals surface area (Å²) < 4.78 is 27.7. The molecule has 1 heterocycles. The quantitative estimate of drug-likeness (QED) is 0.248. The minimum Gasteiger partial charge on any atom is -0.481 e. The maximum atomic E-state index is 13.3. The number of pyridine rings is 1. The maximum Gasteiger partial charge on any atom is 0.303 e. The van der Waals surface area contributed by atoms with Crippen LogP contribution in [-0.2, 0) is 27.7 Å². The van der Waals surface area contributed by atoms with Gasteiger partial charge in [0.1, 0.15) is 0 Å². The van der Waals surface area contributed by atoms with Crippen molar-refractivity contribution in [2.45, 2.75) is 69.4 Å². The van der Waals surface area contributed by atoms with E-state index in [0.29, 0.717) is 17.8 Å². The molecule has 0 saturated carbocycles. The molecule has 0 aliphatic carbocycles. The number of hydrogen-bond acceptors (Lipinski definition) is 6. The van der Waals surface area contributed by atoms with Gasteiger partial charge in [0, 0.05) is 43.4 Å². The van der Waals surface area contributed by atoms with Crippen LogP contribution in [0.5, 0.6) is 0 Å². The Bertz CT molecular complexity index is 1380. The van der Waals surface area contributed by atoms with Crippen LogP contribution in [0, 0.1) is 6.92 Å². The van der Waals surface area contributed by atoms with Gasteiger partial charge in [0.05, 0.1) is 23.1 Å². The molecular formula is C31H41N3O5S. The summed E-state index contributed by atoms with van der Waals surface area (Å²) in [5, 5.41) is 23.0. The van der Waals surface area contributed by atoms with Crippen LogP contribution in [0.25, 0.3) is 11.3 Å². The Hall–Kier alpha value is -3.11. The average molecular weight is 568 g/mol. The lowest BCUT2D eigenvalue weighted by molar-refractivity contribution is -0.136. The minimum atomic E-state index is -3.82. The van der Waals surface area contributed by atoms with Gasteiger partial charge in [-0.25, -0.2) is 8.42 Å². The number of sulfonamides is 1. The molecule has 40 heavy (non-hydrogen) atoms. The van der Waals surface area contributed by atoms with E-state index in [1.807, 2.05) is 37.3 Å². The number of β-amino-alcohol motifs (C(OH)–C–C–N with tert-alkyl or cyclic N) is 1. The fourth-order valence-corrected chi connectivity index (χ4v) is 5.88. The van der Waals surface area contributed by atoms with Gasteiger partial charge < -0.3 is 15.5 Å². The lowest BCUT2D eigenvalue weighted by Gasteiger charge is -2.29. The van der Waals surface area contributed by atoms with Crippen molar-refractivity contribution in [3.05, 3.63) is 83.6 Å². The van der Waals surface area contributed by atoms with Crippen molar-refractivity contribution in [1.29, 1.82) is 0 Å². The molecule has 216 valence electrons. The van der Waals surface area contributed by atoms with Crippen LogP contribution in [0.4, 0.5) is 0 Å². The summed E-state index contributed by atoms with van der Waals surface area (Å²) in [6.07, 6.45) is 2.36. The highest BCUT2D eigenvalue weighted by Crippen LogP contribution is 2.26. The van der Waals surface area contributed by atoms with Gasteiger partial charge in [-0.15, -0.1) is 0 Å². The van der Waals surface area contributed by atoms with Crippen LogP contribution in [0.15, 0.2) is 71.6 Å². The number of carbonyl (C=O) groups is 1. The number of aromatic nitrogens is 1. The van der Waals surface area contributed by atoms with Gasteiger partial charge in [-0.2, -0.15) is 4.31 Å². The third kappa shape index (κ3) is 9.23. The Labute approximate surface area is 238 Å². The van der Waals surface area contributed by atoms with Gasteiger partial charge >= 0.3 is 5.97 Å². The number of aliphatic hydroxyl groups is 1. The Kier molecular flexibility index (Phi) is 11.0. The number of hydrogen-bond donors (Lipinski definition) is 3. The second kappa shape index (κ2) is 14.0. The van der Waals surface area contributed by atoms with Crippen molar-refractivity contribution < 1.29 is 23.4 Å². The van der Waals surface area contributed by atoms with Gasteiger partial charge in [0.2, 0.25) is 10.0 Å². The first-order valence-corrected chi connectivity index (χ1v) is 15.0. The molecule has 0 saturated heterocycles. The molecule has 3 rings (SSSR count). The van der Waals surface area contributed by atoms with E-state index in [1.165, 1.54) is 16.9 Å². The Morgan fingerprint density at radius 1 is 1.05 bits per heavy atom. The largest absolute Gasteiger partial charge is 0.481 e. The number of carboxylic acids is 1.